The predicted octanol–water partition coefficient (Wildman–Crippen LogP) is 17.4. The normalized spacial score (nSPS) is 14.8. The smallest absolute Gasteiger partial charge is 0.0640 e. The first-order chi connectivity index (χ1) is 32.7. The first-order valence-electron chi connectivity index (χ1n) is 22.7. The molecule has 2 heterocycles. The predicted molar refractivity (Wildman–Crippen MR) is 283 cm³/mol. The Kier molecular flexibility index (Phi) is 10.0. The lowest BCUT2D eigenvalue weighted by molar-refractivity contribution is 0.609. The summed E-state index contributed by atoms with van der Waals surface area (Å²) < 4.78 is 5.03. The van der Waals surface area contributed by atoms with Crippen molar-refractivity contribution in [2.75, 3.05) is 14.7 Å². The van der Waals surface area contributed by atoms with Crippen LogP contribution in [0, 0.1) is 5.92 Å². The maximum Gasteiger partial charge on any atom is 0.0640 e. The first-order valence-corrected chi connectivity index (χ1v) is 23.5. The molecule has 66 heavy (non-hydrogen) atoms. The minimum absolute atomic E-state index is 0.119. The van der Waals surface area contributed by atoms with Crippen molar-refractivity contribution in [2.24, 2.45) is 5.92 Å². The maximum absolute atomic E-state index is 2.51. The van der Waals surface area contributed by atoms with E-state index in [0.29, 0.717) is 0 Å². The van der Waals surface area contributed by atoms with Crippen molar-refractivity contribution in [2.45, 2.75) is 13.0 Å². The van der Waals surface area contributed by atoms with Gasteiger partial charge in [-0.15, -0.1) is 11.3 Å². The number of anilines is 8. The highest BCUT2D eigenvalue weighted by molar-refractivity contribution is 7.26. The van der Waals surface area contributed by atoms with Gasteiger partial charge in [0.05, 0.1) is 27.5 Å². The van der Waals surface area contributed by atoms with E-state index >= 15 is 0 Å². The van der Waals surface area contributed by atoms with Gasteiger partial charge < -0.3 is 19.3 Å². The zero-order valence-electron chi connectivity index (χ0n) is 36.5. The average Bonchev–Trinajstić information content (AvgIpc) is 3.91. The molecule has 0 saturated carbocycles. The second kappa shape index (κ2) is 16.8. The van der Waals surface area contributed by atoms with E-state index in [9.17, 15) is 0 Å². The molecule has 1 aliphatic carbocycles. The number of hydrogen-bond acceptors (Lipinski definition) is 4. The lowest BCUT2D eigenvalue weighted by atomic mass is 9.92. The number of aromatic nitrogens is 1. The molecule has 0 aliphatic heterocycles. The van der Waals surface area contributed by atoms with Crippen LogP contribution in [0.1, 0.15) is 6.92 Å². The van der Waals surface area contributed by atoms with Gasteiger partial charge in [0.15, 0.2) is 0 Å². The van der Waals surface area contributed by atoms with Crippen LogP contribution in [-0.2, 0) is 0 Å². The first kappa shape index (κ1) is 39.5. The Morgan fingerprint density at radius 3 is 1.44 bits per heavy atom. The number of allylic oxidation sites excluding steroid dienone is 2. The van der Waals surface area contributed by atoms with Crippen LogP contribution in [0.5, 0.6) is 0 Å². The molecule has 1 aliphatic rings. The van der Waals surface area contributed by atoms with Crippen molar-refractivity contribution >= 4 is 105 Å². The number of rotatable bonds is 10. The van der Waals surface area contributed by atoms with Crippen LogP contribution in [0.2, 0.25) is 0 Å². The molecule has 316 valence electrons. The molecular formula is C61H46N4S. The molecule has 0 N–H and O–H groups in total. The van der Waals surface area contributed by atoms with E-state index in [4.69, 9.17) is 0 Å². The number of hydrogen-bond donors (Lipinski definition) is 0. The molecular weight excluding hydrogens is 821 g/mol. The molecule has 0 saturated heterocycles. The Morgan fingerprint density at radius 1 is 0.409 bits per heavy atom. The lowest BCUT2D eigenvalue weighted by Gasteiger charge is -2.37. The number of para-hydroxylation sites is 6. The molecule has 0 spiro atoms. The fourth-order valence-electron chi connectivity index (χ4n) is 10.00. The SMILES string of the molecule is CC1C=C(n2c3ccc(N(c4ccccc4)c4ccccc4)cc3c3cc4c(cc32)sc2c(N(c3ccccc3)c3ccccc3)cccc24)C=CC1N(c1ccccc1)c1ccccc1. The monoisotopic (exact) mass is 866 g/mol. The average molecular weight is 867 g/mol. The van der Waals surface area contributed by atoms with Crippen LogP contribution < -0.4 is 14.7 Å². The summed E-state index contributed by atoms with van der Waals surface area (Å²) in [5.74, 6) is 0.196. The van der Waals surface area contributed by atoms with Gasteiger partial charge in [-0.05, 0) is 115 Å². The minimum atomic E-state index is 0.119. The highest BCUT2D eigenvalue weighted by Crippen LogP contribution is 2.48. The molecule has 2 atom stereocenters. The van der Waals surface area contributed by atoms with E-state index in [1.54, 1.807) is 0 Å². The molecule has 0 bridgehead atoms. The van der Waals surface area contributed by atoms with Crippen LogP contribution in [-0.4, -0.2) is 10.6 Å². The van der Waals surface area contributed by atoms with Gasteiger partial charge in [-0.25, -0.2) is 0 Å². The third kappa shape index (κ3) is 6.93. The van der Waals surface area contributed by atoms with Gasteiger partial charge in [-0.3, -0.25) is 0 Å². The Labute approximate surface area is 389 Å². The number of nitrogens with zero attached hydrogens (tertiary/aromatic N) is 4. The highest BCUT2D eigenvalue weighted by atomic mass is 32.1. The molecule has 11 aromatic rings. The number of benzene rings is 9. The van der Waals surface area contributed by atoms with Gasteiger partial charge >= 0.3 is 0 Å². The number of thiophene rings is 1. The molecule has 5 heteroatoms. The number of fused-ring (bicyclic) bond motifs is 6. The van der Waals surface area contributed by atoms with Crippen LogP contribution in [0.25, 0.3) is 47.7 Å². The fraction of sp³-hybridized carbons (Fsp3) is 0.0492. The van der Waals surface area contributed by atoms with Crippen molar-refractivity contribution < 1.29 is 0 Å². The van der Waals surface area contributed by atoms with Crippen LogP contribution in [0.3, 0.4) is 0 Å². The third-order valence-electron chi connectivity index (χ3n) is 13.0. The summed E-state index contributed by atoms with van der Waals surface area (Å²) in [6.45, 7) is 2.35. The summed E-state index contributed by atoms with van der Waals surface area (Å²) in [5.41, 5.74) is 12.7. The van der Waals surface area contributed by atoms with Crippen LogP contribution >= 0.6 is 11.3 Å². The third-order valence-corrected chi connectivity index (χ3v) is 14.2. The van der Waals surface area contributed by atoms with Gasteiger partial charge in [0.25, 0.3) is 0 Å². The molecule has 2 aromatic heterocycles. The molecule has 2 unspecified atom stereocenters. The summed E-state index contributed by atoms with van der Waals surface area (Å²) >= 11 is 1.88. The van der Waals surface area contributed by atoms with Crippen molar-refractivity contribution in [3.63, 3.8) is 0 Å². The van der Waals surface area contributed by atoms with Crippen LogP contribution in [0.15, 0.2) is 249 Å². The van der Waals surface area contributed by atoms with Crippen LogP contribution in [0.4, 0.5) is 45.5 Å². The van der Waals surface area contributed by atoms with Gasteiger partial charge in [0.1, 0.15) is 0 Å². The second-order valence-electron chi connectivity index (χ2n) is 17.0. The summed E-state index contributed by atoms with van der Waals surface area (Å²) in [6, 6.07) is 83.3. The van der Waals surface area contributed by atoms with E-state index in [1.807, 2.05) is 11.3 Å². The Bertz CT molecular complexity index is 3430. The minimum Gasteiger partial charge on any atom is -0.334 e. The van der Waals surface area contributed by atoms with Crippen molar-refractivity contribution in [3.05, 3.63) is 249 Å². The van der Waals surface area contributed by atoms with E-state index in [1.165, 1.54) is 64.7 Å². The van der Waals surface area contributed by atoms with E-state index in [-0.39, 0.29) is 12.0 Å². The summed E-state index contributed by atoms with van der Waals surface area (Å²) in [6.07, 6.45) is 7.23. The van der Waals surface area contributed by atoms with Gasteiger partial charge in [0.2, 0.25) is 0 Å². The summed E-state index contributed by atoms with van der Waals surface area (Å²) in [7, 11) is 0. The van der Waals surface area contributed by atoms with Crippen molar-refractivity contribution in [1.29, 1.82) is 0 Å². The van der Waals surface area contributed by atoms with E-state index < -0.39 is 0 Å². The Balaban J connectivity index is 1.07. The van der Waals surface area contributed by atoms with Gasteiger partial charge in [-0.2, -0.15) is 0 Å². The van der Waals surface area contributed by atoms with E-state index in [2.05, 4.69) is 275 Å². The topological polar surface area (TPSA) is 14.7 Å². The molecule has 12 rings (SSSR count). The zero-order chi connectivity index (χ0) is 44.0. The summed E-state index contributed by atoms with van der Waals surface area (Å²) in [5, 5.41) is 4.97. The highest BCUT2D eigenvalue weighted by Gasteiger charge is 2.28. The second-order valence-corrected chi connectivity index (χ2v) is 18.1. The fourth-order valence-corrected chi connectivity index (χ4v) is 11.2. The van der Waals surface area contributed by atoms with E-state index in [0.717, 1.165) is 28.4 Å². The Hall–Kier alpha value is -8.12. The molecule has 4 nitrogen and oxygen atoms in total. The standard InChI is InChI=1S/C61H46N4S/c1-43-39-50(35-37-56(43)63(46-25-12-4-13-26-46)47-27-14-5-15-28-47)65-57-38-36-51(62(44-21-8-2-9-22-44)45-23-10-3-11-24-45)40-53(57)54-41-55-52-33-20-34-58(61(52)66-60(55)42-59(54)65)64(48-29-16-6-17-30-48)49-31-18-7-19-32-49/h2-43,56H,1H3. The molecule has 0 fully saturated rings. The molecule has 9 aromatic carbocycles. The zero-order valence-corrected chi connectivity index (χ0v) is 37.3. The Morgan fingerprint density at radius 2 is 0.909 bits per heavy atom. The summed E-state index contributed by atoms with van der Waals surface area (Å²) in [4.78, 5) is 7.23. The van der Waals surface area contributed by atoms with Crippen molar-refractivity contribution in [3.8, 4) is 0 Å². The molecule has 0 radical (unpaired) electrons. The largest absolute Gasteiger partial charge is 0.334 e. The molecule has 0 amide bonds. The quantitative estimate of drug-likeness (QED) is 0.136. The van der Waals surface area contributed by atoms with Gasteiger partial charge in [-0.1, -0.05) is 140 Å². The van der Waals surface area contributed by atoms with Crippen molar-refractivity contribution in [1.82, 2.24) is 4.57 Å². The maximum atomic E-state index is 2.51. The van der Waals surface area contributed by atoms with Gasteiger partial charge in [0, 0.05) is 77.7 Å². The lowest BCUT2D eigenvalue weighted by Crippen LogP contribution is -2.35.